The van der Waals surface area contributed by atoms with Gasteiger partial charge < -0.3 is 0 Å². The van der Waals surface area contributed by atoms with Crippen LogP contribution in [0.15, 0.2) is 16.3 Å². The zero-order chi connectivity index (χ0) is 18.0. The number of nitrogens with zero attached hydrogens (tertiary/aromatic N) is 2. The largest absolute Gasteiger partial charge is 0.383 e. The first-order chi connectivity index (χ1) is 10.2. The number of azo groups is 1. The van der Waals surface area contributed by atoms with Gasteiger partial charge in [0.1, 0.15) is 0 Å². The standard InChI is InChI=1S/C10HF11N2/c11-2-1-3(12)5(14)6(4(2)13)22-23-10(21)8(17,18)7(15,16)9(10,19)20/h1H. The highest BCUT2D eigenvalue weighted by atomic mass is 19.4. The van der Waals surface area contributed by atoms with Crippen LogP contribution in [0.1, 0.15) is 0 Å². The van der Waals surface area contributed by atoms with Crippen LogP contribution in [0.5, 0.6) is 0 Å². The summed E-state index contributed by atoms with van der Waals surface area (Å²) in [6, 6.07) is -0.352. The van der Waals surface area contributed by atoms with Crippen molar-refractivity contribution in [1.82, 2.24) is 0 Å². The number of rotatable bonds is 2. The molecule has 0 spiro atoms. The van der Waals surface area contributed by atoms with Crippen molar-refractivity contribution in [3.05, 3.63) is 29.3 Å². The maximum absolute atomic E-state index is 13.4. The molecule has 23 heavy (non-hydrogen) atoms. The van der Waals surface area contributed by atoms with E-state index in [9.17, 15) is 48.3 Å². The lowest BCUT2D eigenvalue weighted by Crippen LogP contribution is -2.83. The van der Waals surface area contributed by atoms with Crippen LogP contribution in [0.2, 0.25) is 0 Å². The van der Waals surface area contributed by atoms with Crippen LogP contribution in [0.4, 0.5) is 54.0 Å². The first-order valence-electron chi connectivity index (χ1n) is 5.30. The van der Waals surface area contributed by atoms with Crippen molar-refractivity contribution in [2.75, 3.05) is 0 Å². The molecule has 0 saturated heterocycles. The van der Waals surface area contributed by atoms with Crippen molar-refractivity contribution in [1.29, 1.82) is 0 Å². The van der Waals surface area contributed by atoms with Crippen molar-refractivity contribution in [2.45, 2.75) is 23.6 Å². The molecule has 2 rings (SSSR count). The molecule has 0 aromatic heterocycles. The van der Waals surface area contributed by atoms with Crippen molar-refractivity contribution in [3.63, 3.8) is 0 Å². The smallest absolute Gasteiger partial charge is 0.204 e. The van der Waals surface area contributed by atoms with Crippen molar-refractivity contribution in [2.24, 2.45) is 10.2 Å². The summed E-state index contributed by atoms with van der Waals surface area (Å²) in [4.78, 5) is 0. The fourth-order valence-corrected chi connectivity index (χ4v) is 1.64. The first kappa shape index (κ1) is 17.4. The van der Waals surface area contributed by atoms with Crippen molar-refractivity contribution in [3.8, 4) is 0 Å². The average molecular weight is 358 g/mol. The van der Waals surface area contributed by atoms with E-state index in [2.05, 4.69) is 0 Å². The van der Waals surface area contributed by atoms with Crippen LogP contribution in [0, 0.1) is 23.3 Å². The average Bonchev–Trinajstić information content (AvgIpc) is 2.43. The predicted octanol–water partition coefficient (Wildman–Crippen LogP) is 4.91. The number of halogens is 11. The number of hydrogen-bond acceptors (Lipinski definition) is 2. The van der Waals surface area contributed by atoms with Gasteiger partial charge in [0.15, 0.2) is 29.0 Å². The van der Waals surface area contributed by atoms with Crippen LogP contribution >= 0.6 is 0 Å². The van der Waals surface area contributed by atoms with Crippen molar-refractivity contribution >= 4 is 5.69 Å². The fourth-order valence-electron chi connectivity index (χ4n) is 1.64. The molecule has 0 atom stereocenters. The monoisotopic (exact) mass is 358 g/mol. The van der Waals surface area contributed by atoms with Crippen LogP contribution in [0.3, 0.4) is 0 Å². The zero-order valence-electron chi connectivity index (χ0n) is 10.1. The van der Waals surface area contributed by atoms with Gasteiger partial charge in [0.25, 0.3) is 0 Å². The van der Waals surface area contributed by atoms with Gasteiger partial charge in [0.05, 0.1) is 0 Å². The molecule has 0 unspecified atom stereocenters. The summed E-state index contributed by atoms with van der Waals surface area (Å²) in [6.07, 6.45) is 0. The van der Waals surface area contributed by atoms with E-state index in [0.717, 1.165) is 0 Å². The minimum atomic E-state index is -6.15. The molecule has 1 aromatic carbocycles. The molecule has 13 heteroatoms. The maximum atomic E-state index is 13.4. The molecule has 0 amide bonds. The first-order valence-corrected chi connectivity index (χ1v) is 5.30. The van der Waals surface area contributed by atoms with Crippen molar-refractivity contribution < 1.29 is 48.3 Å². The minimum absolute atomic E-state index is 0.352. The summed E-state index contributed by atoms with van der Waals surface area (Å²) in [5.41, 5.74) is -2.18. The van der Waals surface area contributed by atoms with Gasteiger partial charge >= 0.3 is 23.6 Å². The van der Waals surface area contributed by atoms with Gasteiger partial charge in [-0.2, -0.15) is 26.3 Å². The molecule has 0 heterocycles. The van der Waals surface area contributed by atoms with Crippen LogP contribution < -0.4 is 0 Å². The quantitative estimate of drug-likeness (QED) is 0.311. The van der Waals surface area contributed by atoms with E-state index in [-0.39, 0.29) is 6.07 Å². The van der Waals surface area contributed by atoms with E-state index in [1.165, 1.54) is 5.11 Å². The third-order valence-electron chi connectivity index (χ3n) is 3.00. The summed E-state index contributed by atoms with van der Waals surface area (Å²) < 4.78 is 141. The van der Waals surface area contributed by atoms with Gasteiger partial charge in [-0.25, -0.2) is 22.0 Å². The molecule has 1 saturated carbocycles. The van der Waals surface area contributed by atoms with E-state index in [4.69, 9.17) is 0 Å². The Labute approximate surface area is 118 Å². The molecule has 1 aliphatic rings. The summed E-state index contributed by atoms with van der Waals surface area (Å²) in [6.45, 7) is 0. The van der Waals surface area contributed by atoms with Gasteiger partial charge in [-0.15, -0.1) is 10.2 Å². The second kappa shape index (κ2) is 4.54. The Balaban J connectivity index is 2.54. The van der Waals surface area contributed by atoms with Gasteiger partial charge in [0.2, 0.25) is 0 Å². The molecular weight excluding hydrogens is 357 g/mol. The number of alkyl halides is 7. The SMILES string of the molecule is Fc1cc(F)c(F)c(N=NC2(F)C(F)(F)C(F)(F)C2(F)F)c1F. The summed E-state index contributed by atoms with van der Waals surface area (Å²) in [5.74, 6) is -33.0. The highest BCUT2D eigenvalue weighted by molar-refractivity contribution is 5.41. The van der Waals surface area contributed by atoms with Gasteiger partial charge in [-0.3, -0.25) is 0 Å². The Morgan fingerprint density at radius 2 is 1.04 bits per heavy atom. The van der Waals surface area contributed by atoms with Gasteiger partial charge in [-0.05, 0) is 0 Å². The molecule has 0 aliphatic heterocycles. The molecule has 128 valence electrons. The van der Waals surface area contributed by atoms with E-state index in [1.807, 2.05) is 5.11 Å². The topological polar surface area (TPSA) is 24.7 Å². The minimum Gasteiger partial charge on any atom is -0.204 e. The Bertz CT molecular complexity index is 652. The molecule has 1 aromatic rings. The van der Waals surface area contributed by atoms with Gasteiger partial charge in [-0.1, -0.05) is 0 Å². The third kappa shape index (κ3) is 1.81. The molecule has 1 fully saturated rings. The zero-order valence-corrected chi connectivity index (χ0v) is 10.1. The second-order valence-corrected chi connectivity index (χ2v) is 4.36. The molecule has 2 nitrogen and oxygen atoms in total. The van der Waals surface area contributed by atoms with Crippen LogP contribution in [-0.2, 0) is 0 Å². The summed E-state index contributed by atoms with van der Waals surface area (Å²) in [7, 11) is 0. The fraction of sp³-hybridized carbons (Fsp3) is 0.400. The van der Waals surface area contributed by atoms with E-state index < -0.39 is 52.5 Å². The summed E-state index contributed by atoms with van der Waals surface area (Å²) in [5, 5.41) is 3.41. The predicted molar refractivity (Wildman–Crippen MR) is 49.5 cm³/mol. The second-order valence-electron chi connectivity index (χ2n) is 4.36. The lowest BCUT2D eigenvalue weighted by molar-refractivity contribution is -0.472. The number of benzene rings is 1. The van der Waals surface area contributed by atoms with Crippen LogP contribution in [0.25, 0.3) is 0 Å². The van der Waals surface area contributed by atoms with Gasteiger partial charge in [0, 0.05) is 6.07 Å². The maximum Gasteiger partial charge on any atom is 0.383 e. The molecule has 0 N–H and O–H groups in total. The number of hydrogen-bond donors (Lipinski definition) is 0. The molecular formula is C10HF11N2. The lowest BCUT2D eigenvalue weighted by Gasteiger charge is -2.50. The Kier molecular flexibility index (Phi) is 3.43. The molecule has 0 bridgehead atoms. The Hall–Kier alpha value is -1.95. The van der Waals surface area contributed by atoms with E-state index >= 15 is 0 Å². The molecule has 1 aliphatic carbocycles. The lowest BCUT2D eigenvalue weighted by atomic mass is 9.76. The molecule has 0 radical (unpaired) electrons. The van der Waals surface area contributed by atoms with Crippen LogP contribution in [-0.4, -0.2) is 23.6 Å². The van der Waals surface area contributed by atoms with E-state index in [1.54, 1.807) is 0 Å². The third-order valence-corrected chi connectivity index (χ3v) is 3.00. The highest BCUT2D eigenvalue weighted by Crippen LogP contribution is 2.69. The Morgan fingerprint density at radius 3 is 1.43 bits per heavy atom. The van der Waals surface area contributed by atoms with E-state index in [0.29, 0.717) is 0 Å². The Morgan fingerprint density at radius 1 is 0.652 bits per heavy atom. The normalized spacial score (nSPS) is 23.8. The highest BCUT2D eigenvalue weighted by Gasteiger charge is 3.01. The summed E-state index contributed by atoms with van der Waals surface area (Å²) >= 11 is 0.